The first-order chi connectivity index (χ1) is 15.4. The Morgan fingerprint density at radius 1 is 1.12 bits per heavy atom. The number of hydrogen-bond donors (Lipinski definition) is 0. The van der Waals surface area contributed by atoms with Gasteiger partial charge in [0.25, 0.3) is 5.91 Å². The van der Waals surface area contributed by atoms with Gasteiger partial charge in [0.05, 0.1) is 17.6 Å². The molecular formula is C26H29FN4O. The molecule has 0 radical (unpaired) electrons. The van der Waals surface area contributed by atoms with Gasteiger partial charge >= 0.3 is 0 Å². The summed E-state index contributed by atoms with van der Waals surface area (Å²) in [7, 11) is 1.80. The highest BCUT2D eigenvalue weighted by Gasteiger charge is 2.30. The normalized spacial score (nSPS) is 17.2. The van der Waals surface area contributed by atoms with Gasteiger partial charge in [-0.1, -0.05) is 31.9 Å². The van der Waals surface area contributed by atoms with Gasteiger partial charge in [0.1, 0.15) is 6.67 Å². The Bertz CT molecular complexity index is 1190. The molecule has 3 heterocycles. The van der Waals surface area contributed by atoms with Crippen LogP contribution in [0.25, 0.3) is 22.4 Å². The highest BCUT2D eigenvalue weighted by Crippen LogP contribution is 2.40. The lowest BCUT2D eigenvalue weighted by Gasteiger charge is -2.23. The number of nitrogens with zero attached hydrogens (tertiary/aromatic N) is 4. The fourth-order valence-electron chi connectivity index (χ4n) is 5.19. The predicted octanol–water partition coefficient (Wildman–Crippen LogP) is 5.56. The van der Waals surface area contributed by atoms with Crippen LogP contribution in [0, 0.1) is 12.3 Å². The van der Waals surface area contributed by atoms with E-state index in [1.54, 1.807) is 11.9 Å². The number of halogens is 1. The van der Waals surface area contributed by atoms with Crippen LogP contribution >= 0.6 is 0 Å². The summed E-state index contributed by atoms with van der Waals surface area (Å²) in [5.41, 5.74) is 6.66. The van der Waals surface area contributed by atoms with Gasteiger partial charge in [-0.05, 0) is 48.4 Å². The molecule has 3 aromatic rings. The Kier molecular flexibility index (Phi) is 5.11. The molecular weight excluding hydrogens is 403 g/mol. The molecule has 5 nitrogen and oxygen atoms in total. The fraction of sp³-hybridized carbons (Fsp3) is 0.423. The van der Waals surface area contributed by atoms with E-state index in [-0.39, 0.29) is 5.91 Å². The fourth-order valence-corrected chi connectivity index (χ4v) is 5.19. The van der Waals surface area contributed by atoms with Crippen LogP contribution in [0.1, 0.15) is 59.8 Å². The number of amides is 1. The van der Waals surface area contributed by atoms with Crippen LogP contribution in [0.2, 0.25) is 0 Å². The first-order valence-electron chi connectivity index (χ1n) is 11.3. The Morgan fingerprint density at radius 2 is 1.91 bits per heavy atom. The van der Waals surface area contributed by atoms with E-state index in [1.165, 1.54) is 25.7 Å². The smallest absolute Gasteiger partial charge is 0.254 e. The average Bonchev–Trinajstić information content (AvgIpc) is 3.48. The first kappa shape index (κ1) is 20.9. The summed E-state index contributed by atoms with van der Waals surface area (Å²) in [6, 6.07) is 7.86. The molecule has 32 heavy (non-hydrogen) atoms. The van der Waals surface area contributed by atoms with Crippen LogP contribution in [-0.4, -0.2) is 32.6 Å². The average molecular weight is 433 g/mol. The van der Waals surface area contributed by atoms with Gasteiger partial charge in [-0.25, -0.2) is 9.37 Å². The highest BCUT2D eigenvalue weighted by atomic mass is 19.1. The quantitative estimate of drug-likeness (QED) is 0.531. The standard InChI is InChI=1S/C26H29FN4O/c1-17-10-21(20-13-28-31(15-20)16-26(2)8-4-5-9-26)24(29-23(17)12-27)18-6-7-19-14-30(3)25(32)22(19)11-18/h6-7,10-11,13,15H,4-5,8-9,12,14,16H2,1-3H3. The van der Waals surface area contributed by atoms with Gasteiger partial charge in [0.2, 0.25) is 0 Å². The molecule has 1 amide bonds. The number of alkyl halides is 1. The summed E-state index contributed by atoms with van der Waals surface area (Å²) < 4.78 is 15.7. The monoisotopic (exact) mass is 432 g/mol. The molecule has 2 aromatic heterocycles. The van der Waals surface area contributed by atoms with Crippen LogP contribution in [0.5, 0.6) is 0 Å². The third-order valence-corrected chi connectivity index (χ3v) is 7.11. The number of fused-ring (bicyclic) bond motifs is 1. The van der Waals surface area contributed by atoms with Crippen molar-refractivity contribution in [1.82, 2.24) is 19.7 Å². The summed E-state index contributed by atoms with van der Waals surface area (Å²) >= 11 is 0. The van der Waals surface area contributed by atoms with Crippen molar-refractivity contribution in [2.45, 2.75) is 59.3 Å². The Labute approximate surface area is 188 Å². The molecule has 0 atom stereocenters. The topological polar surface area (TPSA) is 51.0 Å². The van der Waals surface area contributed by atoms with Crippen LogP contribution in [-0.2, 0) is 19.8 Å². The predicted molar refractivity (Wildman–Crippen MR) is 123 cm³/mol. The van der Waals surface area contributed by atoms with Crippen molar-refractivity contribution in [3.8, 4) is 22.4 Å². The summed E-state index contributed by atoms with van der Waals surface area (Å²) in [4.78, 5) is 18.9. The number of aromatic nitrogens is 3. The molecule has 0 unspecified atom stereocenters. The van der Waals surface area contributed by atoms with E-state index in [4.69, 9.17) is 4.98 Å². The van der Waals surface area contributed by atoms with Crippen molar-refractivity contribution in [3.05, 3.63) is 59.0 Å². The molecule has 0 spiro atoms. The lowest BCUT2D eigenvalue weighted by molar-refractivity contribution is 0.0816. The zero-order chi connectivity index (χ0) is 22.5. The van der Waals surface area contributed by atoms with Crippen LogP contribution in [0.4, 0.5) is 4.39 Å². The van der Waals surface area contributed by atoms with Crippen molar-refractivity contribution in [2.75, 3.05) is 7.05 Å². The second-order valence-corrected chi connectivity index (χ2v) is 9.76. The van der Waals surface area contributed by atoms with E-state index >= 15 is 0 Å². The van der Waals surface area contributed by atoms with Gasteiger partial charge in [-0.15, -0.1) is 0 Å². The molecule has 2 aliphatic rings. The molecule has 0 saturated heterocycles. The van der Waals surface area contributed by atoms with E-state index in [0.717, 1.165) is 34.4 Å². The Balaban J connectivity index is 1.57. The maximum Gasteiger partial charge on any atom is 0.254 e. The molecule has 166 valence electrons. The number of rotatable bonds is 5. The van der Waals surface area contributed by atoms with E-state index in [1.807, 2.05) is 42.1 Å². The zero-order valence-electron chi connectivity index (χ0n) is 19.0. The first-order valence-corrected chi connectivity index (χ1v) is 11.3. The second-order valence-electron chi connectivity index (χ2n) is 9.76. The van der Waals surface area contributed by atoms with Gasteiger partial charge < -0.3 is 4.90 Å². The summed E-state index contributed by atoms with van der Waals surface area (Å²) in [5, 5.41) is 4.64. The van der Waals surface area contributed by atoms with E-state index in [9.17, 15) is 9.18 Å². The van der Waals surface area contributed by atoms with Crippen molar-refractivity contribution in [3.63, 3.8) is 0 Å². The maximum atomic E-state index is 13.7. The Hall–Kier alpha value is -3.02. The molecule has 1 aromatic carbocycles. The van der Waals surface area contributed by atoms with Crippen LogP contribution < -0.4 is 0 Å². The van der Waals surface area contributed by atoms with Crippen LogP contribution in [0.3, 0.4) is 0 Å². The number of aryl methyl sites for hydroxylation is 1. The number of pyridine rings is 1. The van der Waals surface area contributed by atoms with Crippen molar-refractivity contribution in [2.24, 2.45) is 5.41 Å². The highest BCUT2D eigenvalue weighted by molar-refractivity contribution is 5.99. The number of carbonyl (C=O) groups excluding carboxylic acids is 1. The molecule has 1 aliphatic heterocycles. The molecule has 0 N–H and O–H groups in total. The van der Waals surface area contributed by atoms with E-state index < -0.39 is 6.67 Å². The lowest BCUT2D eigenvalue weighted by Crippen LogP contribution is -2.19. The van der Waals surface area contributed by atoms with Gasteiger partial charge in [-0.2, -0.15) is 5.10 Å². The van der Waals surface area contributed by atoms with Gasteiger partial charge in [0, 0.05) is 48.6 Å². The minimum Gasteiger partial charge on any atom is -0.337 e. The maximum absolute atomic E-state index is 13.7. The largest absolute Gasteiger partial charge is 0.337 e. The molecule has 1 fully saturated rings. The van der Waals surface area contributed by atoms with E-state index in [0.29, 0.717) is 28.9 Å². The Morgan fingerprint density at radius 3 is 2.66 bits per heavy atom. The van der Waals surface area contributed by atoms with Crippen molar-refractivity contribution < 1.29 is 9.18 Å². The van der Waals surface area contributed by atoms with Gasteiger partial charge in [0.15, 0.2) is 0 Å². The summed E-state index contributed by atoms with van der Waals surface area (Å²) in [6.07, 6.45) is 8.99. The van der Waals surface area contributed by atoms with E-state index in [2.05, 4.69) is 18.2 Å². The van der Waals surface area contributed by atoms with Crippen molar-refractivity contribution >= 4 is 5.91 Å². The summed E-state index contributed by atoms with van der Waals surface area (Å²) in [5.74, 6) is 0.0128. The molecule has 6 heteroatoms. The minimum atomic E-state index is -0.622. The molecule has 1 saturated carbocycles. The van der Waals surface area contributed by atoms with Crippen LogP contribution in [0.15, 0.2) is 36.7 Å². The third kappa shape index (κ3) is 3.61. The van der Waals surface area contributed by atoms with Gasteiger partial charge in [-0.3, -0.25) is 9.48 Å². The molecule has 0 bridgehead atoms. The van der Waals surface area contributed by atoms with Crippen molar-refractivity contribution in [1.29, 1.82) is 0 Å². The number of hydrogen-bond acceptors (Lipinski definition) is 3. The molecule has 1 aliphatic carbocycles. The third-order valence-electron chi connectivity index (χ3n) is 7.11. The molecule has 5 rings (SSSR count). The lowest BCUT2D eigenvalue weighted by atomic mass is 9.89. The zero-order valence-corrected chi connectivity index (χ0v) is 19.0. The SMILES string of the molecule is Cc1cc(-c2cnn(CC3(C)CCCC3)c2)c(-c2ccc3c(c2)C(=O)N(C)C3)nc1CF. The summed E-state index contributed by atoms with van der Waals surface area (Å²) in [6.45, 7) is 5.12. The minimum absolute atomic E-state index is 0.0128. The number of benzene rings is 1. The second kappa shape index (κ2) is 7.84. The number of carbonyl (C=O) groups is 1.